The molecule has 0 N–H and O–H groups in total. The van der Waals surface area contributed by atoms with Gasteiger partial charge in [0.2, 0.25) is 5.91 Å². The molecule has 1 saturated heterocycles. The van der Waals surface area contributed by atoms with Crippen LogP contribution in [0.25, 0.3) is 6.08 Å². The van der Waals surface area contributed by atoms with Crippen molar-refractivity contribution in [2.75, 3.05) is 19.3 Å². The van der Waals surface area contributed by atoms with Crippen LogP contribution in [-0.4, -0.2) is 40.1 Å². The number of nitrogens with zero attached hydrogens (tertiary/aromatic N) is 3. The maximum Gasteiger partial charge on any atom is 0.246 e. The highest BCUT2D eigenvalue weighted by molar-refractivity contribution is 7.98. The molecule has 1 spiro atoms. The van der Waals surface area contributed by atoms with Gasteiger partial charge in [0.25, 0.3) is 0 Å². The number of benzene rings is 1. The minimum absolute atomic E-state index is 0.0278. The van der Waals surface area contributed by atoms with Gasteiger partial charge in [0.1, 0.15) is 0 Å². The summed E-state index contributed by atoms with van der Waals surface area (Å²) in [5.41, 5.74) is 3.20. The number of hydrogen-bond acceptors (Lipinski definition) is 5. The van der Waals surface area contributed by atoms with Crippen LogP contribution in [0.2, 0.25) is 0 Å². The highest BCUT2D eigenvalue weighted by Crippen LogP contribution is 2.43. The van der Waals surface area contributed by atoms with Crippen LogP contribution in [0.1, 0.15) is 29.5 Å². The Labute approximate surface area is 157 Å². The Balaban J connectivity index is 1.39. The van der Waals surface area contributed by atoms with Crippen molar-refractivity contribution in [3.8, 4) is 0 Å². The number of aromatic nitrogens is 2. The predicted molar refractivity (Wildman–Crippen MR) is 102 cm³/mol. The molecular weight excluding hydrogens is 346 g/mol. The topological polar surface area (TPSA) is 55.3 Å². The Hall–Kier alpha value is -2.18. The first-order valence-corrected chi connectivity index (χ1v) is 9.98. The summed E-state index contributed by atoms with van der Waals surface area (Å²) in [6.07, 6.45) is 10.5. The summed E-state index contributed by atoms with van der Waals surface area (Å²) in [6, 6.07) is 8.42. The van der Waals surface area contributed by atoms with Crippen LogP contribution in [0.15, 0.2) is 47.9 Å². The third-order valence-electron chi connectivity index (χ3n) is 5.14. The minimum atomic E-state index is -0.210. The van der Waals surface area contributed by atoms with E-state index in [1.54, 1.807) is 24.5 Å². The van der Waals surface area contributed by atoms with Crippen LogP contribution in [-0.2, 0) is 21.7 Å². The standard InChI is InChI=1S/C20H21N3O2S/c1-26-19-21-12-15(13-22-19)6-7-18(24)23-10-8-20(9-11-23)17-5-3-2-4-16(17)14-25-20/h2-7,12-13H,8-11,14H2,1H3. The Kier molecular flexibility index (Phi) is 4.78. The lowest BCUT2D eigenvalue weighted by Gasteiger charge is -2.39. The molecule has 6 heteroatoms. The second-order valence-corrected chi connectivity index (χ2v) is 7.38. The number of rotatable bonds is 3. The second-order valence-electron chi connectivity index (χ2n) is 6.60. The molecule has 0 unspecified atom stereocenters. The highest BCUT2D eigenvalue weighted by Gasteiger charge is 2.42. The number of piperidine rings is 1. The molecule has 1 fully saturated rings. The van der Waals surface area contributed by atoms with Crippen LogP contribution < -0.4 is 0 Å². The van der Waals surface area contributed by atoms with E-state index in [1.165, 1.54) is 22.9 Å². The molecule has 2 aliphatic rings. The molecule has 1 aromatic heterocycles. The zero-order valence-electron chi connectivity index (χ0n) is 14.7. The number of carbonyl (C=O) groups is 1. The summed E-state index contributed by atoms with van der Waals surface area (Å²) >= 11 is 1.50. The highest BCUT2D eigenvalue weighted by atomic mass is 32.2. The monoisotopic (exact) mass is 367 g/mol. The Morgan fingerprint density at radius 2 is 1.96 bits per heavy atom. The van der Waals surface area contributed by atoms with E-state index in [9.17, 15) is 4.79 Å². The molecular formula is C20H21N3O2S. The van der Waals surface area contributed by atoms with E-state index < -0.39 is 0 Å². The van der Waals surface area contributed by atoms with Gasteiger partial charge in [0.05, 0.1) is 12.2 Å². The molecule has 1 amide bonds. The quantitative estimate of drug-likeness (QED) is 0.473. The average Bonchev–Trinajstić information content (AvgIpc) is 3.05. The van der Waals surface area contributed by atoms with Gasteiger partial charge in [-0.05, 0) is 36.3 Å². The molecule has 2 aromatic rings. The summed E-state index contributed by atoms with van der Waals surface area (Å²) in [7, 11) is 0. The van der Waals surface area contributed by atoms with Crippen molar-refractivity contribution in [2.24, 2.45) is 0 Å². The molecule has 0 saturated carbocycles. The Morgan fingerprint density at radius 3 is 2.69 bits per heavy atom. The molecule has 3 heterocycles. The third-order valence-corrected chi connectivity index (χ3v) is 5.72. The number of carbonyl (C=O) groups excluding carboxylic acids is 1. The van der Waals surface area contributed by atoms with Crippen molar-refractivity contribution in [3.63, 3.8) is 0 Å². The molecule has 134 valence electrons. The van der Waals surface area contributed by atoms with E-state index in [1.807, 2.05) is 11.2 Å². The van der Waals surface area contributed by atoms with Crippen LogP contribution in [0.3, 0.4) is 0 Å². The van der Waals surface area contributed by atoms with Gasteiger partial charge >= 0.3 is 0 Å². The first-order chi connectivity index (χ1) is 12.7. The zero-order valence-corrected chi connectivity index (χ0v) is 15.5. The molecule has 4 rings (SSSR count). The third kappa shape index (κ3) is 3.27. The molecule has 0 radical (unpaired) electrons. The molecule has 26 heavy (non-hydrogen) atoms. The lowest BCUT2D eigenvalue weighted by Crippen LogP contribution is -2.44. The lowest BCUT2D eigenvalue weighted by molar-refractivity contribution is -0.133. The molecule has 0 bridgehead atoms. The van der Waals surface area contributed by atoms with Crippen LogP contribution in [0.5, 0.6) is 0 Å². The van der Waals surface area contributed by atoms with Gasteiger partial charge in [-0.1, -0.05) is 36.0 Å². The average molecular weight is 367 g/mol. The van der Waals surface area contributed by atoms with Gasteiger partial charge < -0.3 is 9.64 Å². The fourth-order valence-corrected chi connectivity index (χ4v) is 3.99. The van der Waals surface area contributed by atoms with Gasteiger partial charge in [-0.3, -0.25) is 4.79 Å². The van der Waals surface area contributed by atoms with Crippen molar-refractivity contribution in [1.29, 1.82) is 0 Å². The van der Waals surface area contributed by atoms with E-state index in [0.29, 0.717) is 19.7 Å². The van der Waals surface area contributed by atoms with Crippen LogP contribution >= 0.6 is 11.8 Å². The molecule has 0 aliphatic carbocycles. The summed E-state index contributed by atoms with van der Waals surface area (Å²) in [5.74, 6) is 0.0278. The van der Waals surface area contributed by atoms with Crippen molar-refractivity contribution < 1.29 is 9.53 Å². The number of ether oxygens (including phenoxy) is 1. The lowest BCUT2D eigenvalue weighted by atomic mass is 9.84. The fraction of sp³-hybridized carbons (Fsp3) is 0.350. The van der Waals surface area contributed by atoms with Crippen molar-refractivity contribution >= 4 is 23.7 Å². The van der Waals surface area contributed by atoms with Gasteiger partial charge in [-0.2, -0.15) is 0 Å². The normalized spacial score (nSPS) is 18.4. The Morgan fingerprint density at radius 1 is 1.23 bits per heavy atom. The molecule has 1 aromatic carbocycles. The number of amides is 1. The first-order valence-electron chi connectivity index (χ1n) is 8.76. The fourth-order valence-electron chi connectivity index (χ4n) is 3.68. The van der Waals surface area contributed by atoms with Gasteiger partial charge in [-0.25, -0.2) is 9.97 Å². The van der Waals surface area contributed by atoms with Gasteiger partial charge in [0.15, 0.2) is 5.16 Å². The van der Waals surface area contributed by atoms with Crippen molar-refractivity contribution in [3.05, 3.63) is 59.4 Å². The summed E-state index contributed by atoms with van der Waals surface area (Å²) in [5, 5.41) is 0.728. The number of fused-ring (bicyclic) bond motifs is 2. The maximum atomic E-state index is 12.5. The van der Waals surface area contributed by atoms with Gasteiger partial charge in [-0.15, -0.1) is 0 Å². The summed E-state index contributed by atoms with van der Waals surface area (Å²) in [4.78, 5) is 22.8. The minimum Gasteiger partial charge on any atom is -0.365 e. The first kappa shape index (κ1) is 17.2. The predicted octanol–water partition coefficient (Wildman–Crippen LogP) is 3.26. The molecule has 0 atom stereocenters. The van der Waals surface area contributed by atoms with E-state index in [-0.39, 0.29) is 11.5 Å². The zero-order chi connectivity index (χ0) is 18.0. The second kappa shape index (κ2) is 7.21. The van der Waals surface area contributed by atoms with E-state index in [4.69, 9.17) is 4.74 Å². The van der Waals surface area contributed by atoms with E-state index in [0.717, 1.165) is 23.6 Å². The summed E-state index contributed by atoms with van der Waals surface area (Å²) in [6.45, 7) is 2.09. The SMILES string of the molecule is CSc1ncc(C=CC(=O)N2CCC3(CC2)OCc2ccccc23)cn1. The summed E-state index contributed by atoms with van der Waals surface area (Å²) < 4.78 is 6.16. The van der Waals surface area contributed by atoms with Crippen molar-refractivity contribution in [2.45, 2.75) is 30.2 Å². The van der Waals surface area contributed by atoms with Crippen LogP contribution in [0, 0.1) is 0 Å². The molecule has 5 nitrogen and oxygen atoms in total. The Bertz CT molecular complexity index is 827. The number of likely N-dealkylation sites (tertiary alicyclic amines) is 1. The number of thioether (sulfide) groups is 1. The smallest absolute Gasteiger partial charge is 0.246 e. The van der Waals surface area contributed by atoms with E-state index in [2.05, 4.69) is 34.2 Å². The van der Waals surface area contributed by atoms with E-state index >= 15 is 0 Å². The maximum absolute atomic E-state index is 12.5. The van der Waals surface area contributed by atoms with Gasteiger partial charge in [0, 0.05) is 37.1 Å². The largest absolute Gasteiger partial charge is 0.365 e. The number of hydrogen-bond donors (Lipinski definition) is 0. The van der Waals surface area contributed by atoms with Crippen LogP contribution in [0.4, 0.5) is 0 Å². The molecule has 2 aliphatic heterocycles. The van der Waals surface area contributed by atoms with Crippen molar-refractivity contribution in [1.82, 2.24) is 14.9 Å².